The van der Waals surface area contributed by atoms with E-state index in [4.69, 9.17) is 5.73 Å². The van der Waals surface area contributed by atoms with Crippen LogP contribution in [0.2, 0.25) is 0 Å². The summed E-state index contributed by atoms with van der Waals surface area (Å²) < 4.78 is 0. The van der Waals surface area contributed by atoms with Gasteiger partial charge in [-0.2, -0.15) is 0 Å². The van der Waals surface area contributed by atoms with E-state index in [0.29, 0.717) is 5.92 Å². The fourth-order valence-corrected chi connectivity index (χ4v) is 2.51. The van der Waals surface area contributed by atoms with Gasteiger partial charge < -0.3 is 15.5 Å². The highest BCUT2D eigenvalue weighted by molar-refractivity contribution is 5.85. The summed E-state index contributed by atoms with van der Waals surface area (Å²) in [5.74, 6) is 0.346. The van der Waals surface area contributed by atoms with Gasteiger partial charge in [0.15, 0.2) is 0 Å². The van der Waals surface area contributed by atoms with Crippen molar-refractivity contribution in [3.8, 4) is 0 Å². The maximum absolute atomic E-state index is 12.3. The van der Waals surface area contributed by atoms with E-state index in [-0.39, 0.29) is 30.3 Å². The Balaban J connectivity index is 2.55. The summed E-state index contributed by atoms with van der Waals surface area (Å²) in [5.41, 5.74) is 5.90. The topological polar surface area (TPSA) is 66.6 Å². The van der Waals surface area contributed by atoms with Crippen LogP contribution in [0.25, 0.3) is 0 Å². The molecule has 0 spiro atoms. The number of hydrogen-bond donors (Lipinski definition) is 1. The summed E-state index contributed by atoms with van der Waals surface area (Å²) in [6.07, 6.45) is 2.63. The first-order valence-electron chi connectivity index (χ1n) is 6.53. The number of amides is 2. The molecule has 0 heterocycles. The largest absolute Gasteiger partial charge is 0.347 e. The first kappa shape index (κ1) is 15.0. The normalized spacial score (nSPS) is 27.7. The molecule has 1 fully saturated rings. The average Bonchev–Trinajstić information content (AvgIpc) is 2.27. The predicted octanol–water partition coefficient (Wildman–Crippen LogP) is 0.297. The maximum atomic E-state index is 12.3. The molecular formula is C13H25N3O2. The Morgan fingerprint density at radius 2 is 1.83 bits per heavy atom. The van der Waals surface area contributed by atoms with Crippen LogP contribution in [0.15, 0.2) is 0 Å². The third-order valence-electron chi connectivity index (χ3n) is 3.77. The third-order valence-corrected chi connectivity index (χ3v) is 3.77. The second-order valence-corrected chi connectivity index (χ2v) is 5.64. The molecule has 0 aromatic rings. The van der Waals surface area contributed by atoms with E-state index in [9.17, 15) is 9.59 Å². The zero-order valence-corrected chi connectivity index (χ0v) is 11.8. The van der Waals surface area contributed by atoms with Crippen LogP contribution in [-0.4, -0.2) is 55.3 Å². The van der Waals surface area contributed by atoms with Crippen molar-refractivity contribution in [1.29, 1.82) is 0 Å². The summed E-state index contributed by atoms with van der Waals surface area (Å²) in [5, 5.41) is 0. The van der Waals surface area contributed by atoms with Crippen molar-refractivity contribution < 1.29 is 9.59 Å². The predicted molar refractivity (Wildman–Crippen MR) is 70.8 cm³/mol. The highest BCUT2D eigenvalue weighted by atomic mass is 16.2. The van der Waals surface area contributed by atoms with Crippen LogP contribution in [0.1, 0.15) is 26.2 Å². The molecule has 1 saturated carbocycles. The van der Waals surface area contributed by atoms with Gasteiger partial charge in [-0.25, -0.2) is 0 Å². The SMILES string of the molecule is CC1CC(N)CCC1C(=O)N(C)CC(=O)N(C)C. The first-order valence-corrected chi connectivity index (χ1v) is 6.53. The van der Waals surface area contributed by atoms with Crippen molar-refractivity contribution in [3.63, 3.8) is 0 Å². The lowest BCUT2D eigenvalue weighted by atomic mass is 9.77. The van der Waals surface area contributed by atoms with Crippen molar-refractivity contribution in [3.05, 3.63) is 0 Å². The monoisotopic (exact) mass is 255 g/mol. The van der Waals surface area contributed by atoms with Gasteiger partial charge in [-0.15, -0.1) is 0 Å². The minimum Gasteiger partial charge on any atom is -0.347 e. The number of hydrogen-bond acceptors (Lipinski definition) is 3. The fraction of sp³-hybridized carbons (Fsp3) is 0.846. The lowest BCUT2D eigenvalue weighted by molar-refractivity contribution is -0.142. The highest BCUT2D eigenvalue weighted by Gasteiger charge is 2.33. The lowest BCUT2D eigenvalue weighted by Gasteiger charge is -2.34. The zero-order chi connectivity index (χ0) is 13.9. The van der Waals surface area contributed by atoms with Gasteiger partial charge in [-0.1, -0.05) is 6.92 Å². The van der Waals surface area contributed by atoms with Gasteiger partial charge in [0.1, 0.15) is 0 Å². The van der Waals surface area contributed by atoms with E-state index in [2.05, 4.69) is 6.92 Å². The van der Waals surface area contributed by atoms with E-state index in [0.717, 1.165) is 19.3 Å². The molecule has 0 aromatic carbocycles. The van der Waals surface area contributed by atoms with Crippen LogP contribution >= 0.6 is 0 Å². The minimum atomic E-state index is -0.0500. The van der Waals surface area contributed by atoms with E-state index in [1.54, 1.807) is 26.0 Å². The van der Waals surface area contributed by atoms with Crippen LogP contribution in [-0.2, 0) is 9.59 Å². The standard InChI is InChI=1S/C13H25N3O2/c1-9-7-10(14)5-6-11(9)13(18)16(4)8-12(17)15(2)3/h9-11H,5-8,14H2,1-4H3. The van der Waals surface area contributed by atoms with Crippen LogP contribution in [0.3, 0.4) is 0 Å². The molecule has 3 atom stereocenters. The second-order valence-electron chi connectivity index (χ2n) is 5.64. The van der Waals surface area contributed by atoms with Crippen molar-refractivity contribution in [1.82, 2.24) is 9.80 Å². The number of nitrogens with two attached hydrogens (primary N) is 1. The zero-order valence-electron chi connectivity index (χ0n) is 11.8. The van der Waals surface area contributed by atoms with Gasteiger partial charge in [-0.3, -0.25) is 9.59 Å². The molecule has 0 radical (unpaired) electrons. The van der Waals surface area contributed by atoms with Crippen LogP contribution < -0.4 is 5.73 Å². The minimum absolute atomic E-state index is 0.0183. The van der Waals surface area contributed by atoms with Crippen LogP contribution in [0.4, 0.5) is 0 Å². The number of nitrogens with zero attached hydrogens (tertiary/aromatic N) is 2. The van der Waals surface area contributed by atoms with E-state index in [1.165, 1.54) is 4.90 Å². The van der Waals surface area contributed by atoms with E-state index >= 15 is 0 Å². The number of likely N-dealkylation sites (N-methyl/N-ethyl adjacent to an activating group) is 2. The molecule has 1 aliphatic rings. The smallest absolute Gasteiger partial charge is 0.241 e. The second kappa shape index (κ2) is 6.18. The van der Waals surface area contributed by atoms with Crippen LogP contribution in [0.5, 0.6) is 0 Å². The number of carbonyl (C=O) groups excluding carboxylic acids is 2. The average molecular weight is 255 g/mol. The van der Waals surface area contributed by atoms with Gasteiger partial charge in [0.25, 0.3) is 0 Å². The van der Waals surface area contributed by atoms with Gasteiger partial charge in [0, 0.05) is 33.1 Å². The molecule has 0 bridgehead atoms. The molecule has 0 aliphatic heterocycles. The van der Waals surface area contributed by atoms with Crippen molar-refractivity contribution in [2.45, 2.75) is 32.2 Å². The molecule has 18 heavy (non-hydrogen) atoms. The molecule has 0 aromatic heterocycles. The molecule has 5 nitrogen and oxygen atoms in total. The summed E-state index contributed by atoms with van der Waals surface area (Å²) in [6.45, 7) is 2.23. The molecular weight excluding hydrogens is 230 g/mol. The molecule has 5 heteroatoms. The molecule has 3 unspecified atom stereocenters. The fourth-order valence-electron chi connectivity index (χ4n) is 2.51. The molecule has 1 rings (SSSR count). The van der Waals surface area contributed by atoms with Crippen molar-refractivity contribution in [2.24, 2.45) is 17.6 Å². The van der Waals surface area contributed by atoms with Crippen molar-refractivity contribution >= 4 is 11.8 Å². The van der Waals surface area contributed by atoms with Crippen molar-refractivity contribution in [2.75, 3.05) is 27.7 Å². The summed E-state index contributed by atoms with van der Waals surface area (Å²) in [7, 11) is 5.09. The Morgan fingerprint density at radius 3 is 2.33 bits per heavy atom. The van der Waals surface area contributed by atoms with E-state index in [1.807, 2.05) is 0 Å². The first-order chi connectivity index (χ1) is 8.32. The van der Waals surface area contributed by atoms with E-state index < -0.39 is 0 Å². The van der Waals surface area contributed by atoms with Gasteiger partial charge in [-0.05, 0) is 25.2 Å². The number of carbonyl (C=O) groups is 2. The van der Waals surface area contributed by atoms with Gasteiger partial charge in [0.2, 0.25) is 11.8 Å². The molecule has 2 amide bonds. The summed E-state index contributed by atoms with van der Waals surface area (Å²) >= 11 is 0. The highest BCUT2D eigenvalue weighted by Crippen LogP contribution is 2.30. The number of rotatable bonds is 3. The molecule has 1 aliphatic carbocycles. The summed E-state index contributed by atoms with van der Waals surface area (Å²) in [6, 6.07) is 0.220. The summed E-state index contributed by atoms with van der Waals surface area (Å²) in [4.78, 5) is 26.9. The van der Waals surface area contributed by atoms with Gasteiger partial charge >= 0.3 is 0 Å². The Kier molecular flexibility index (Phi) is 5.14. The Labute approximate surface area is 109 Å². The molecule has 2 N–H and O–H groups in total. The lowest BCUT2D eigenvalue weighted by Crippen LogP contribution is -2.44. The maximum Gasteiger partial charge on any atom is 0.241 e. The van der Waals surface area contributed by atoms with Gasteiger partial charge in [0.05, 0.1) is 6.54 Å². The Bertz CT molecular complexity index is 317. The third kappa shape index (κ3) is 3.70. The Hall–Kier alpha value is -1.10. The molecule has 0 saturated heterocycles. The van der Waals surface area contributed by atoms with Crippen LogP contribution in [0, 0.1) is 11.8 Å². The Morgan fingerprint density at radius 1 is 1.22 bits per heavy atom. The molecule has 104 valence electrons. The quantitative estimate of drug-likeness (QED) is 0.788.